The number of halogens is 3. The normalized spacial score (nSPS) is 11.8. The minimum atomic E-state index is -4.52. The van der Waals surface area contributed by atoms with Gasteiger partial charge in [-0.2, -0.15) is 13.2 Å². The van der Waals surface area contributed by atoms with Gasteiger partial charge in [0, 0.05) is 11.3 Å². The van der Waals surface area contributed by atoms with Gasteiger partial charge in [-0.05, 0) is 30.7 Å². The van der Waals surface area contributed by atoms with Crippen LogP contribution in [0.4, 0.5) is 18.9 Å². The van der Waals surface area contributed by atoms with Crippen molar-refractivity contribution >= 4 is 5.69 Å². The largest absolute Gasteiger partial charge is 0.451 e. The zero-order valence-electron chi connectivity index (χ0n) is 8.88. The third-order valence-electron chi connectivity index (χ3n) is 2.30. The van der Waals surface area contributed by atoms with Crippen molar-refractivity contribution in [2.75, 3.05) is 5.73 Å². The Hall–Kier alpha value is -1.98. The van der Waals surface area contributed by atoms with Gasteiger partial charge in [0.1, 0.15) is 0 Å². The molecule has 0 saturated heterocycles. The Morgan fingerprint density at radius 1 is 1.29 bits per heavy atom. The summed E-state index contributed by atoms with van der Waals surface area (Å²) < 4.78 is 41.6. The molecular weight excluding hydrogens is 233 g/mol. The molecule has 6 heteroatoms. The van der Waals surface area contributed by atoms with Crippen LogP contribution in [-0.2, 0) is 6.18 Å². The summed E-state index contributed by atoms with van der Waals surface area (Å²) in [6.45, 7) is 1.76. The third kappa shape index (κ3) is 2.25. The number of hydrogen-bond acceptors (Lipinski definition) is 3. The summed E-state index contributed by atoms with van der Waals surface area (Å²) >= 11 is 0. The summed E-state index contributed by atoms with van der Waals surface area (Å²) in [5, 5.41) is 0. The SMILES string of the molecule is Cc1cc(-c2ncc(C(F)(F)F)o2)ccc1N. The topological polar surface area (TPSA) is 52.0 Å². The van der Waals surface area contributed by atoms with Crippen LogP contribution in [-0.4, -0.2) is 4.98 Å². The van der Waals surface area contributed by atoms with Gasteiger partial charge >= 0.3 is 6.18 Å². The number of hydrogen-bond donors (Lipinski definition) is 1. The van der Waals surface area contributed by atoms with Crippen molar-refractivity contribution in [1.29, 1.82) is 0 Å². The molecule has 3 nitrogen and oxygen atoms in total. The van der Waals surface area contributed by atoms with Gasteiger partial charge in [0.15, 0.2) is 0 Å². The molecule has 0 aliphatic heterocycles. The molecule has 0 saturated carbocycles. The predicted molar refractivity (Wildman–Crippen MR) is 56.1 cm³/mol. The van der Waals surface area contributed by atoms with E-state index in [2.05, 4.69) is 9.40 Å². The fraction of sp³-hybridized carbons (Fsp3) is 0.182. The van der Waals surface area contributed by atoms with Crippen LogP contribution in [0.5, 0.6) is 0 Å². The second kappa shape index (κ2) is 3.80. The predicted octanol–water partition coefficient (Wildman–Crippen LogP) is 3.25. The molecule has 2 rings (SSSR count). The first-order chi connectivity index (χ1) is 7.88. The Morgan fingerprint density at radius 3 is 2.53 bits per heavy atom. The third-order valence-corrected chi connectivity index (χ3v) is 2.30. The van der Waals surface area contributed by atoms with E-state index in [0.29, 0.717) is 17.4 Å². The molecule has 0 aliphatic rings. The summed E-state index contributed by atoms with van der Waals surface area (Å²) in [5.74, 6) is -1.18. The molecule has 0 atom stereocenters. The summed E-state index contributed by atoms with van der Waals surface area (Å²) in [6, 6.07) is 4.79. The summed E-state index contributed by atoms with van der Waals surface area (Å²) in [7, 11) is 0. The lowest BCUT2D eigenvalue weighted by molar-refractivity contribution is -0.152. The smallest absolute Gasteiger partial charge is 0.432 e. The molecule has 0 aliphatic carbocycles. The standard InChI is InChI=1S/C11H9F3N2O/c1-6-4-7(2-3-8(6)15)10-16-5-9(17-10)11(12,13)14/h2-5H,15H2,1H3. The van der Waals surface area contributed by atoms with Crippen molar-refractivity contribution < 1.29 is 17.6 Å². The van der Waals surface area contributed by atoms with Crippen molar-refractivity contribution in [2.45, 2.75) is 13.1 Å². The van der Waals surface area contributed by atoms with Crippen LogP contribution in [0, 0.1) is 6.92 Å². The van der Waals surface area contributed by atoms with Crippen molar-refractivity contribution in [1.82, 2.24) is 4.98 Å². The van der Waals surface area contributed by atoms with Crippen LogP contribution >= 0.6 is 0 Å². The van der Waals surface area contributed by atoms with Gasteiger partial charge in [-0.25, -0.2) is 4.98 Å². The zero-order valence-corrected chi connectivity index (χ0v) is 8.88. The Kier molecular flexibility index (Phi) is 2.57. The van der Waals surface area contributed by atoms with E-state index in [4.69, 9.17) is 5.73 Å². The van der Waals surface area contributed by atoms with E-state index in [1.807, 2.05) is 0 Å². The van der Waals surface area contributed by atoms with Gasteiger partial charge in [0.2, 0.25) is 11.7 Å². The van der Waals surface area contributed by atoms with E-state index < -0.39 is 11.9 Å². The van der Waals surface area contributed by atoms with Crippen LogP contribution < -0.4 is 5.73 Å². The number of anilines is 1. The first kappa shape index (κ1) is 11.5. The molecule has 1 aromatic heterocycles. The summed E-state index contributed by atoms with van der Waals surface area (Å²) in [4.78, 5) is 3.60. The minimum absolute atomic E-state index is 0.0691. The van der Waals surface area contributed by atoms with Crippen LogP contribution in [0.2, 0.25) is 0 Å². The van der Waals surface area contributed by atoms with Gasteiger partial charge in [-0.3, -0.25) is 0 Å². The molecule has 1 aromatic carbocycles. The van der Waals surface area contributed by atoms with Crippen LogP contribution in [0.25, 0.3) is 11.5 Å². The highest BCUT2D eigenvalue weighted by atomic mass is 19.4. The molecule has 0 fully saturated rings. The Balaban J connectivity index is 2.40. The average molecular weight is 242 g/mol. The van der Waals surface area contributed by atoms with E-state index in [1.165, 1.54) is 0 Å². The van der Waals surface area contributed by atoms with E-state index >= 15 is 0 Å². The lowest BCUT2D eigenvalue weighted by Crippen LogP contribution is -2.02. The van der Waals surface area contributed by atoms with E-state index in [-0.39, 0.29) is 5.89 Å². The highest BCUT2D eigenvalue weighted by molar-refractivity contribution is 5.60. The van der Waals surface area contributed by atoms with Gasteiger partial charge in [-0.15, -0.1) is 0 Å². The number of aromatic nitrogens is 1. The van der Waals surface area contributed by atoms with E-state index in [1.54, 1.807) is 25.1 Å². The number of oxazole rings is 1. The maximum Gasteiger partial charge on any atom is 0.451 e. The maximum atomic E-state index is 12.3. The monoisotopic (exact) mass is 242 g/mol. The molecule has 0 bridgehead atoms. The highest BCUT2D eigenvalue weighted by Crippen LogP contribution is 2.32. The Morgan fingerprint density at radius 2 is 2.00 bits per heavy atom. The zero-order chi connectivity index (χ0) is 12.6. The number of aryl methyl sites for hydroxylation is 1. The lowest BCUT2D eigenvalue weighted by Gasteiger charge is -2.02. The molecule has 0 spiro atoms. The summed E-state index contributed by atoms with van der Waals surface area (Å²) in [6.07, 6.45) is -3.85. The first-order valence-electron chi connectivity index (χ1n) is 4.77. The van der Waals surface area contributed by atoms with Crippen molar-refractivity contribution in [3.05, 3.63) is 35.7 Å². The second-order valence-electron chi connectivity index (χ2n) is 3.60. The van der Waals surface area contributed by atoms with Crippen molar-refractivity contribution in [2.24, 2.45) is 0 Å². The van der Waals surface area contributed by atoms with Gasteiger partial charge in [-0.1, -0.05) is 0 Å². The van der Waals surface area contributed by atoms with Crippen LogP contribution in [0.1, 0.15) is 11.3 Å². The second-order valence-corrected chi connectivity index (χ2v) is 3.60. The molecule has 0 radical (unpaired) electrons. The number of nitrogens with two attached hydrogens (primary N) is 1. The molecule has 2 aromatic rings. The Bertz CT molecular complexity index is 546. The molecule has 2 N–H and O–H groups in total. The Labute approximate surface area is 95.1 Å². The average Bonchev–Trinajstić information content (AvgIpc) is 2.70. The number of benzene rings is 1. The molecule has 1 heterocycles. The highest BCUT2D eigenvalue weighted by Gasteiger charge is 2.35. The van der Waals surface area contributed by atoms with Crippen LogP contribution in [0.15, 0.2) is 28.8 Å². The van der Waals surface area contributed by atoms with Gasteiger partial charge in [0.05, 0.1) is 6.20 Å². The number of alkyl halides is 3. The van der Waals surface area contributed by atoms with Crippen LogP contribution in [0.3, 0.4) is 0 Å². The lowest BCUT2D eigenvalue weighted by atomic mass is 10.1. The number of rotatable bonds is 1. The van der Waals surface area contributed by atoms with E-state index in [9.17, 15) is 13.2 Å². The van der Waals surface area contributed by atoms with Crippen molar-refractivity contribution in [3.63, 3.8) is 0 Å². The van der Waals surface area contributed by atoms with Crippen molar-refractivity contribution in [3.8, 4) is 11.5 Å². The molecule has 0 unspecified atom stereocenters. The summed E-state index contributed by atoms with van der Waals surface area (Å²) in [5.41, 5.74) is 7.40. The number of nitrogens with zero attached hydrogens (tertiary/aromatic N) is 1. The van der Waals surface area contributed by atoms with Gasteiger partial charge in [0.25, 0.3) is 0 Å². The minimum Gasteiger partial charge on any atom is -0.432 e. The fourth-order valence-electron chi connectivity index (χ4n) is 1.35. The quantitative estimate of drug-likeness (QED) is 0.781. The maximum absolute atomic E-state index is 12.3. The molecular formula is C11H9F3N2O. The molecule has 0 amide bonds. The fourth-order valence-corrected chi connectivity index (χ4v) is 1.35. The van der Waals surface area contributed by atoms with Gasteiger partial charge < -0.3 is 10.2 Å². The number of nitrogen functional groups attached to an aromatic ring is 1. The molecule has 17 heavy (non-hydrogen) atoms. The molecule has 90 valence electrons. The first-order valence-corrected chi connectivity index (χ1v) is 4.77. The van der Waals surface area contributed by atoms with E-state index in [0.717, 1.165) is 5.56 Å².